The van der Waals surface area contributed by atoms with Gasteiger partial charge in [0.05, 0.1) is 18.3 Å². The minimum absolute atomic E-state index is 0.686. The number of nitrogens with zero attached hydrogens (tertiary/aromatic N) is 3. The highest BCUT2D eigenvalue weighted by Gasteiger charge is 2.13. The van der Waals surface area contributed by atoms with Gasteiger partial charge in [0, 0.05) is 43.7 Å². The molecule has 0 unspecified atom stereocenters. The van der Waals surface area contributed by atoms with E-state index in [1.165, 1.54) is 0 Å². The van der Waals surface area contributed by atoms with Gasteiger partial charge >= 0.3 is 0 Å². The Kier molecular flexibility index (Phi) is 4.32. The summed E-state index contributed by atoms with van der Waals surface area (Å²) in [7, 11) is 3.78. The maximum absolute atomic E-state index is 5.99. The molecule has 0 radical (unpaired) electrons. The van der Waals surface area contributed by atoms with Crippen LogP contribution in [0.5, 0.6) is 0 Å². The summed E-state index contributed by atoms with van der Waals surface area (Å²) in [5.41, 5.74) is 3.34. The maximum Gasteiger partial charge on any atom is 0.113 e. The Morgan fingerprint density at radius 3 is 2.77 bits per heavy atom. The number of rotatable bonds is 5. The quantitative estimate of drug-likeness (QED) is 0.718. The first kappa shape index (κ1) is 14.9. The number of ether oxygens (including phenoxy) is 1. The fourth-order valence-corrected chi connectivity index (χ4v) is 2.66. The van der Waals surface area contributed by atoms with Gasteiger partial charge in [-0.3, -0.25) is 9.38 Å². The summed E-state index contributed by atoms with van der Waals surface area (Å²) in [5.74, 6) is 1.11. The second-order valence-electron chi connectivity index (χ2n) is 5.17. The van der Waals surface area contributed by atoms with E-state index >= 15 is 0 Å². The van der Waals surface area contributed by atoms with Gasteiger partial charge in [-0.1, -0.05) is 23.7 Å². The second kappa shape index (κ2) is 6.38. The molecule has 0 saturated heterocycles. The molecule has 0 atom stereocenters. The van der Waals surface area contributed by atoms with Crippen LogP contribution in [0.1, 0.15) is 0 Å². The topological polar surface area (TPSA) is 29.8 Å². The summed E-state index contributed by atoms with van der Waals surface area (Å²) in [6.07, 6.45) is 5.66. The smallest absolute Gasteiger partial charge is 0.113 e. The SMILES string of the molecule is COCCN(C)c1cc(-c2ccc(Cl)cc2)c2cnccn12. The third-order valence-corrected chi connectivity index (χ3v) is 3.98. The summed E-state index contributed by atoms with van der Waals surface area (Å²) in [6.45, 7) is 1.51. The molecule has 5 heteroatoms. The maximum atomic E-state index is 5.99. The van der Waals surface area contributed by atoms with Crippen LogP contribution in [0, 0.1) is 0 Å². The van der Waals surface area contributed by atoms with Crippen molar-refractivity contribution in [3.8, 4) is 11.1 Å². The first-order valence-electron chi connectivity index (χ1n) is 7.12. The van der Waals surface area contributed by atoms with E-state index in [2.05, 4.69) is 27.4 Å². The van der Waals surface area contributed by atoms with Crippen LogP contribution in [0.15, 0.2) is 48.9 Å². The van der Waals surface area contributed by atoms with Crippen molar-refractivity contribution in [1.29, 1.82) is 0 Å². The molecule has 1 aromatic carbocycles. The van der Waals surface area contributed by atoms with E-state index in [9.17, 15) is 0 Å². The summed E-state index contributed by atoms with van der Waals surface area (Å²) in [5, 5.41) is 0.739. The van der Waals surface area contributed by atoms with Crippen molar-refractivity contribution in [3.63, 3.8) is 0 Å². The average Bonchev–Trinajstić information content (AvgIpc) is 2.93. The molecule has 2 heterocycles. The van der Waals surface area contributed by atoms with Crippen molar-refractivity contribution in [1.82, 2.24) is 9.38 Å². The molecule has 0 saturated carbocycles. The molecule has 0 fully saturated rings. The van der Waals surface area contributed by atoms with Gasteiger partial charge in [0.25, 0.3) is 0 Å². The Bertz CT molecular complexity index is 767. The van der Waals surface area contributed by atoms with Crippen LogP contribution in [0.3, 0.4) is 0 Å². The molecule has 0 amide bonds. The van der Waals surface area contributed by atoms with Crippen molar-refractivity contribution in [2.24, 2.45) is 0 Å². The molecule has 0 aliphatic rings. The van der Waals surface area contributed by atoms with E-state index in [0.717, 1.165) is 34.0 Å². The first-order valence-corrected chi connectivity index (χ1v) is 7.49. The summed E-state index contributed by atoms with van der Waals surface area (Å²) >= 11 is 5.99. The first-order chi connectivity index (χ1) is 10.7. The predicted molar refractivity (Wildman–Crippen MR) is 90.8 cm³/mol. The molecule has 3 aromatic rings. The van der Waals surface area contributed by atoms with E-state index in [1.54, 1.807) is 13.3 Å². The molecule has 0 aliphatic carbocycles. The predicted octanol–water partition coefficient (Wildman–Crippen LogP) is 3.74. The van der Waals surface area contributed by atoms with Gasteiger partial charge in [-0.25, -0.2) is 0 Å². The van der Waals surface area contributed by atoms with Gasteiger partial charge in [-0.15, -0.1) is 0 Å². The molecule has 22 heavy (non-hydrogen) atoms. The van der Waals surface area contributed by atoms with Crippen LogP contribution in [-0.4, -0.2) is 36.7 Å². The largest absolute Gasteiger partial charge is 0.383 e. The lowest BCUT2D eigenvalue weighted by Crippen LogP contribution is -2.23. The van der Waals surface area contributed by atoms with Crippen LogP contribution in [0.25, 0.3) is 16.6 Å². The van der Waals surface area contributed by atoms with Crippen LogP contribution >= 0.6 is 11.6 Å². The van der Waals surface area contributed by atoms with E-state index < -0.39 is 0 Å². The van der Waals surface area contributed by atoms with Crippen molar-refractivity contribution < 1.29 is 4.74 Å². The molecule has 114 valence electrons. The number of fused-ring (bicyclic) bond motifs is 1. The van der Waals surface area contributed by atoms with Gasteiger partial charge in [0.15, 0.2) is 0 Å². The van der Waals surface area contributed by atoms with Crippen LogP contribution in [0.2, 0.25) is 5.02 Å². The van der Waals surface area contributed by atoms with Crippen molar-refractivity contribution in [2.75, 3.05) is 32.2 Å². The number of likely N-dealkylation sites (N-methyl/N-ethyl adjacent to an activating group) is 1. The van der Waals surface area contributed by atoms with Gasteiger partial charge in [-0.2, -0.15) is 0 Å². The molecular formula is C17H18ClN3O. The van der Waals surface area contributed by atoms with Crippen molar-refractivity contribution in [2.45, 2.75) is 0 Å². The molecular weight excluding hydrogens is 298 g/mol. The zero-order valence-electron chi connectivity index (χ0n) is 12.7. The van der Waals surface area contributed by atoms with E-state index in [1.807, 2.05) is 36.7 Å². The van der Waals surface area contributed by atoms with Gasteiger partial charge in [0.2, 0.25) is 0 Å². The van der Waals surface area contributed by atoms with E-state index in [4.69, 9.17) is 16.3 Å². The Hall–Kier alpha value is -2.04. The lowest BCUT2D eigenvalue weighted by Gasteiger charge is -2.18. The molecule has 2 aromatic heterocycles. The Morgan fingerprint density at radius 2 is 2.05 bits per heavy atom. The molecule has 3 rings (SSSR count). The highest BCUT2D eigenvalue weighted by atomic mass is 35.5. The van der Waals surface area contributed by atoms with Gasteiger partial charge in [0.1, 0.15) is 5.82 Å². The highest BCUT2D eigenvalue weighted by Crippen LogP contribution is 2.32. The summed E-state index contributed by atoms with van der Waals surface area (Å²) < 4.78 is 7.32. The lowest BCUT2D eigenvalue weighted by molar-refractivity contribution is 0.206. The zero-order valence-corrected chi connectivity index (χ0v) is 13.4. The molecule has 0 spiro atoms. The fourth-order valence-electron chi connectivity index (χ4n) is 2.53. The lowest BCUT2D eigenvalue weighted by atomic mass is 10.1. The van der Waals surface area contributed by atoms with Crippen molar-refractivity contribution in [3.05, 3.63) is 53.9 Å². The minimum Gasteiger partial charge on any atom is -0.383 e. The third-order valence-electron chi connectivity index (χ3n) is 3.73. The third kappa shape index (κ3) is 2.80. The van der Waals surface area contributed by atoms with Crippen molar-refractivity contribution >= 4 is 22.9 Å². The number of aromatic nitrogens is 2. The van der Waals surface area contributed by atoms with Gasteiger partial charge < -0.3 is 9.64 Å². The number of methoxy groups -OCH3 is 1. The molecule has 0 bridgehead atoms. The standard InChI is InChI=1S/C17H18ClN3O/c1-20(9-10-22-2)17-11-15(13-3-5-14(18)6-4-13)16-12-19-7-8-21(16)17/h3-8,11-12H,9-10H2,1-2H3. The number of halogens is 1. The Labute approximate surface area is 134 Å². The molecule has 4 nitrogen and oxygen atoms in total. The van der Waals surface area contributed by atoms with Crippen LogP contribution < -0.4 is 4.90 Å². The number of hydrogen-bond acceptors (Lipinski definition) is 3. The molecule has 0 N–H and O–H groups in total. The zero-order chi connectivity index (χ0) is 15.5. The summed E-state index contributed by atoms with van der Waals surface area (Å²) in [4.78, 5) is 6.44. The Balaban J connectivity index is 2.09. The van der Waals surface area contributed by atoms with Crippen LogP contribution in [0.4, 0.5) is 5.82 Å². The number of hydrogen-bond donors (Lipinski definition) is 0. The summed E-state index contributed by atoms with van der Waals surface area (Å²) in [6, 6.07) is 10.1. The van der Waals surface area contributed by atoms with E-state index in [-0.39, 0.29) is 0 Å². The highest BCUT2D eigenvalue weighted by molar-refractivity contribution is 6.30. The fraction of sp³-hybridized carbons (Fsp3) is 0.235. The van der Waals surface area contributed by atoms with E-state index in [0.29, 0.717) is 6.61 Å². The van der Waals surface area contributed by atoms with Gasteiger partial charge in [-0.05, 0) is 23.8 Å². The average molecular weight is 316 g/mol. The van der Waals surface area contributed by atoms with Crippen LogP contribution in [-0.2, 0) is 4.74 Å². The minimum atomic E-state index is 0.686. The number of anilines is 1. The second-order valence-corrected chi connectivity index (χ2v) is 5.61. The molecule has 0 aliphatic heterocycles. The Morgan fingerprint density at radius 1 is 1.27 bits per heavy atom. The number of benzene rings is 1. The monoisotopic (exact) mass is 315 g/mol. The normalized spacial score (nSPS) is 11.0.